The largest absolute Gasteiger partial charge is 0.422 e. The van der Waals surface area contributed by atoms with Crippen LogP contribution in [0.1, 0.15) is 11.1 Å². The smallest absolute Gasteiger partial charge is 0.343 e. The molecule has 0 saturated heterocycles. The van der Waals surface area contributed by atoms with Crippen molar-refractivity contribution in [1.29, 1.82) is 0 Å². The first kappa shape index (κ1) is 15.8. The maximum atomic E-state index is 12.2. The van der Waals surface area contributed by atoms with E-state index >= 15 is 0 Å². The van der Waals surface area contributed by atoms with Crippen LogP contribution >= 0.6 is 0 Å². The van der Waals surface area contributed by atoms with Gasteiger partial charge in [-0.25, -0.2) is 4.79 Å². The molecule has 0 bridgehead atoms. The van der Waals surface area contributed by atoms with Gasteiger partial charge in [0.25, 0.3) is 5.69 Å². The number of carbonyl (C=O) groups is 1. The Morgan fingerprint density at radius 3 is 2.58 bits per heavy atom. The molecule has 0 N–H and O–H groups in total. The number of ether oxygens (including phenoxy) is 1. The van der Waals surface area contributed by atoms with Crippen LogP contribution in [-0.2, 0) is 9.53 Å². The highest BCUT2D eigenvalue weighted by Crippen LogP contribution is 2.32. The second-order valence-corrected chi connectivity index (χ2v) is 5.88. The first-order valence-electron chi connectivity index (χ1n) is 8.00. The van der Waals surface area contributed by atoms with Crippen LogP contribution in [0.4, 0.5) is 5.69 Å². The van der Waals surface area contributed by atoms with Crippen molar-refractivity contribution in [3.05, 3.63) is 99.6 Å². The van der Waals surface area contributed by atoms with E-state index in [1.807, 2.05) is 42.5 Å². The maximum Gasteiger partial charge on any atom is 0.343 e. The number of cyclic esters (lactones) is 1. The van der Waals surface area contributed by atoms with E-state index < -0.39 is 10.9 Å². The van der Waals surface area contributed by atoms with Gasteiger partial charge in [0.1, 0.15) is 5.76 Å². The molecule has 26 heavy (non-hydrogen) atoms. The Morgan fingerprint density at radius 1 is 0.962 bits per heavy atom. The minimum atomic E-state index is -0.473. The highest BCUT2D eigenvalue weighted by molar-refractivity contribution is 6.07. The second-order valence-electron chi connectivity index (χ2n) is 5.88. The number of hydrogen-bond donors (Lipinski definition) is 0. The van der Waals surface area contributed by atoms with Crippen molar-refractivity contribution < 1.29 is 14.5 Å². The third-order valence-electron chi connectivity index (χ3n) is 4.18. The van der Waals surface area contributed by atoms with Crippen molar-refractivity contribution in [3.63, 3.8) is 0 Å². The summed E-state index contributed by atoms with van der Waals surface area (Å²) in [6, 6.07) is 19.8. The number of carbonyl (C=O) groups excluding carboxylic acids is 1. The molecule has 1 heterocycles. The molecular weight excluding hydrogens is 330 g/mol. The highest BCUT2D eigenvalue weighted by atomic mass is 16.6. The van der Waals surface area contributed by atoms with Gasteiger partial charge in [-0.1, -0.05) is 54.6 Å². The fourth-order valence-corrected chi connectivity index (χ4v) is 2.97. The van der Waals surface area contributed by atoms with Crippen LogP contribution in [0.25, 0.3) is 22.6 Å². The standard InChI is InChI=1S/C21H13NO4/c23-21-16(11-14-5-3-8-17(12-14)22(24)25)13-20(26-21)19-10-4-7-15-6-1-2-9-18(15)19/h1-13H/b16-11-. The molecule has 0 atom stereocenters. The molecule has 1 aliphatic heterocycles. The summed E-state index contributed by atoms with van der Waals surface area (Å²) >= 11 is 0. The molecule has 5 nitrogen and oxygen atoms in total. The third kappa shape index (κ3) is 2.86. The van der Waals surface area contributed by atoms with E-state index in [1.54, 1.807) is 24.3 Å². The number of nitrogens with zero attached hydrogens (tertiary/aromatic N) is 1. The van der Waals surface area contributed by atoms with Gasteiger partial charge in [-0.05, 0) is 28.5 Å². The second kappa shape index (κ2) is 6.29. The van der Waals surface area contributed by atoms with Gasteiger partial charge in [0, 0.05) is 17.7 Å². The Kier molecular flexibility index (Phi) is 3.82. The fourth-order valence-electron chi connectivity index (χ4n) is 2.97. The van der Waals surface area contributed by atoms with Crippen molar-refractivity contribution >= 4 is 34.3 Å². The molecule has 0 unspecified atom stereocenters. The van der Waals surface area contributed by atoms with Crippen LogP contribution in [0.3, 0.4) is 0 Å². The van der Waals surface area contributed by atoms with Gasteiger partial charge in [0.2, 0.25) is 0 Å². The van der Waals surface area contributed by atoms with Crippen molar-refractivity contribution in [3.8, 4) is 0 Å². The summed E-state index contributed by atoms with van der Waals surface area (Å²) in [6.45, 7) is 0. The van der Waals surface area contributed by atoms with Crippen LogP contribution in [-0.4, -0.2) is 10.9 Å². The van der Waals surface area contributed by atoms with Gasteiger partial charge in [-0.3, -0.25) is 10.1 Å². The maximum absolute atomic E-state index is 12.2. The Bertz CT molecular complexity index is 1110. The lowest BCUT2D eigenvalue weighted by Crippen LogP contribution is -1.97. The Hall–Kier alpha value is -3.73. The fraction of sp³-hybridized carbons (Fsp3) is 0. The van der Waals surface area contributed by atoms with Crippen LogP contribution in [0.5, 0.6) is 0 Å². The number of fused-ring (bicyclic) bond motifs is 1. The molecule has 0 saturated carbocycles. The first-order chi connectivity index (χ1) is 12.6. The zero-order valence-electron chi connectivity index (χ0n) is 13.6. The van der Waals surface area contributed by atoms with Gasteiger partial charge < -0.3 is 4.74 Å². The minimum absolute atomic E-state index is 0.0241. The molecule has 0 amide bonds. The Balaban J connectivity index is 1.76. The summed E-state index contributed by atoms with van der Waals surface area (Å²) in [5.41, 5.74) is 1.73. The summed E-state index contributed by atoms with van der Waals surface area (Å²) in [4.78, 5) is 22.7. The van der Waals surface area contributed by atoms with E-state index in [0.717, 1.165) is 16.3 Å². The molecule has 3 aromatic rings. The molecule has 0 spiro atoms. The average Bonchev–Trinajstić information content (AvgIpc) is 3.02. The van der Waals surface area contributed by atoms with E-state index in [4.69, 9.17) is 4.74 Å². The number of esters is 1. The molecule has 4 rings (SSSR count). The molecule has 0 radical (unpaired) electrons. The predicted molar refractivity (Wildman–Crippen MR) is 99.1 cm³/mol. The van der Waals surface area contributed by atoms with E-state index in [-0.39, 0.29) is 5.69 Å². The highest BCUT2D eigenvalue weighted by Gasteiger charge is 2.23. The summed E-state index contributed by atoms with van der Waals surface area (Å²) < 4.78 is 5.44. The number of nitro benzene ring substituents is 1. The number of hydrogen-bond acceptors (Lipinski definition) is 4. The first-order valence-corrected chi connectivity index (χ1v) is 8.00. The lowest BCUT2D eigenvalue weighted by Gasteiger charge is -2.06. The van der Waals surface area contributed by atoms with E-state index in [2.05, 4.69) is 0 Å². The van der Waals surface area contributed by atoms with E-state index in [9.17, 15) is 14.9 Å². The minimum Gasteiger partial charge on any atom is -0.422 e. The lowest BCUT2D eigenvalue weighted by atomic mass is 10.0. The van der Waals surface area contributed by atoms with Crippen LogP contribution in [0.2, 0.25) is 0 Å². The van der Waals surface area contributed by atoms with Crippen LogP contribution in [0.15, 0.2) is 78.4 Å². The van der Waals surface area contributed by atoms with Crippen molar-refractivity contribution in [1.82, 2.24) is 0 Å². The quantitative estimate of drug-likeness (QED) is 0.298. The monoisotopic (exact) mass is 343 g/mol. The summed E-state index contributed by atoms with van der Waals surface area (Å²) in [7, 11) is 0. The Labute approximate surface area is 149 Å². The number of non-ortho nitro benzene ring substituents is 1. The third-order valence-corrected chi connectivity index (χ3v) is 4.18. The van der Waals surface area contributed by atoms with Gasteiger partial charge in [-0.2, -0.15) is 0 Å². The molecule has 0 aromatic heterocycles. The van der Waals surface area contributed by atoms with Gasteiger partial charge in [0.15, 0.2) is 0 Å². The molecule has 3 aromatic carbocycles. The van der Waals surface area contributed by atoms with Crippen LogP contribution < -0.4 is 0 Å². The normalized spacial score (nSPS) is 15.2. The summed E-state index contributed by atoms with van der Waals surface area (Å²) in [6.07, 6.45) is 3.26. The van der Waals surface area contributed by atoms with Crippen molar-refractivity contribution in [2.45, 2.75) is 0 Å². The number of benzene rings is 3. The summed E-state index contributed by atoms with van der Waals surface area (Å²) in [5, 5.41) is 12.9. The molecule has 126 valence electrons. The number of rotatable bonds is 3. The van der Waals surface area contributed by atoms with Crippen molar-refractivity contribution in [2.24, 2.45) is 0 Å². The van der Waals surface area contributed by atoms with Crippen LogP contribution in [0, 0.1) is 10.1 Å². The molecule has 0 aliphatic carbocycles. The van der Waals surface area contributed by atoms with E-state index in [0.29, 0.717) is 16.9 Å². The molecule has 5 heteroatoms. The van der Waals surface area contributed by atoms with E-state index in [1.165, 1.54) is 12.1 Å². The van der Waals surface area contributed by atoms with Crippen molar-refractivity contribution in [2.75, 3.05) is 0 Å². The summed E-state index contributed by atoms with van der Waals surface area (Å²) in [5.74, 6) is 0.00270. The predicted octanol–water partition coefficient (Wildman–Crippen LogP) is 4.73. The van der Waals surface area contributed by atoms with Gasteiger partial charge >= 0.3 is 5.97 Å². The molecular formula is C21H13NO4. The zero-order valence-corrected chi connectivity index (χ0v) is 13.6. The molecule has 0 fully saturated rings. The Morgan fingerprint density at radius 2 is 1.73 bits per heavy atom. The lowest BCUT2D eigenvalue weighted by molar-refractivity contribution is -0.384. The van der Waals surface area contributed by atoms with Gasteiger partial charge in [0.05, 0.1) is 10.5 Å². The SMILES string of the molecule is O=C1OC(c2cccc3ccccc23)=C/C1=C/c1cccc([N+](=O)[O-])c1. The average molecular weight is 343 g/mol. The zero-order chi connectivity index (χ0) is 18.1. The topological polar surface area (TPSA) is 69.4 Å². The van der Waals surface area contributed by atoms with Gasteiger partial charge in [-0.15, -0.1) is 0 Å². The molecule has 1 aliphatic rings. The number of nitro groups is 1.